The summed E-state index contributed by atoms with van der Waals surface area (Å²) in [6.45, 7) is 12.4. The van der Waals surface area contributed by atoms with Gasteiger partial charge >= 0.3 is 0 Å². The molecule has 0 bridgehead atoms. The van der Waals surface area contributed by atoms with Crippen molar-refractivity contribution in [3.63, 3.8) is 0 Å². The number of hydrogen-bond acceptors (Lipinski definition) is 4. The molecule has 1 aliphatic rings. The molecule has 2 rings (SSSR count). The Hall–Kier alpha value is -1.66. The first-order valence-electron chi connectivity index (χ1n) is 9.22. The third-order valence-corrected chi connectivity index (χ3v) is 4.46. The predicted molar refractivity (Wildman–Crippen MR) is 99.8 cm³/mol. The molecule has 1 fully saturated rings. The van der Waals surface area contributed by atoms with Crippen molar-refractivity contribution in [2.75, 3.05) is 18.4 Å². The highest BCUT2D eigenvalue weighted by atomic mass is 16.5. The maximum Gasteiger partial charge on any atom is 0.250 e. The summed E-state index contributed by atoms with van der Waals surface area (Å²) in [5.41, 5.74) is 0.620. The number of morpholine rings is 1. The van der Waals surface area contributed by atoms with Gasteiger partial charge in [-0.05, 0) is 32.3 Å². The minimum Gasteiger partial charge on any atom is -0.373 e. The number of amides is 1. The molecule has 1 amide bonds. The van der Waals surface area contributed by atoms with Gasteiger partial charge in [0, 0.05) is 31.9 Å². The number of carbonyl (C=O) groups excluding carboxylic acids is 1. The number of hydrogen-bond donors (Lipinski definition) is 1. The van der Waals surface area contributed by atoms with Crippen LogP contribution in [0.25, 0.3) is 0 Å². The Morgan fingerprint density at radius 1 is 1.28 bits per heavy atom. The summed E-state index contributed by atoms with van der Waals surface area (Å²) in [6, 6.07) is 2.96. The van der Waals surface area contributed by atoms with Crippen LogP contribution in [-0.4, -0.2) is 46.7 Å². The lowest BCUT2D eigenvalue weighted by molar-refractivity contribution is -0.130. The second-order valence-corrected chi connectivity index (χ2v) is 7.34. The summed E-state index contributed by atoms with van der Waals surface area (Å²) >= 11 is 0. The Morgan fingerprint density at radius 3 is 2.48 bits per heavy atom. The van der Waals surface area contributed by atoms with Crippen molar-refractivity contribution in [1.29, 1.82) is 0 Å². The molecular formula is C19H31N3O3. The topological polar surface area (TPSA) is 63.6 Å². The summed E-state index contributed by atoms with van der Waals surface area (Å²) in [6.07, 6.45) is 2.83. The molecule has 1 N–H and O–H groups in total. The van der Waals surface area contributed by atoms with E-state index >= 15 is 0 Å². The maximum atomic E-state index is 12.9. The van der Waals surface area contributed by atoms with Crippen molar-refractivity contribution in [1.82, 2.24) is 9.47 Å². The standard InChI is InChI=1S/C19H31N3O3/c1-6-9-21-12-16(7-8-17(21)23)20-19(24)18(13(2)3)22-10-14(4)25-15(5)11-22/h7-8,12-15,18H,6,9-11H2,1-5H3,(H,20,24)/t14-,15-,18-/m0/s1. The molecule has 6 nitrogen and oxygen atoms in total. The van der Waals surface area contributed by atoms with Crippen LogP contribution in [0.5, 0.6) is 0 Å². The molecular weight excluding hydrogens is 318 g/mol. The third-order valence-electron chi connectivity index (χ3n) is 4.46. The second-order valence-electron chi connectivity index (χ2n) is 7.34. The van der Waals surface area contributed by atoms with Gasteiger partial charge in [0.2, 0.25) is 5.91 Å². The zero-order valence-corrected chi connectivity index (χ0v) is 16.0. The lowest BCUT2D eigenvalue weighted by atomic mass is 9.99. The van der Waals surface area contributed by atoms with Crippen molar-refractivity contribution in [2.24, 2.45) is 5.92 Å². The third kappa shape index (κ3) is 5.16. The molecule has 0 spiro atoms. The van der Waals surface area contributed by atoms with Crippen LogP contribution in [0.4, 0.5) is 5.69 Å². The normalized spacial score (nSPS) is 22.8. The highest BCUT2D eigenvalue weighted by Gasteiger charge is 2.34. The van der Waals surface area contributed by atoms with E-state index < -0.39 is 0 Å². The Labute approximate surface area is 150 Å². The number of aryl methyl sites for hydroxylation is 1. The second kappa shape index (κ2) is 8.63. The number of carbonyl (C=O) groups is 1. The molecule has 0 saturated carbocycles. The number of aromatic nitrogens is 1. The van der Waals surface area contributed by atoms with Crippen LogP contribution >= 0.6 is 0 Å². The predicted octanol–water partition coefficient (Wildman–Crippen LogP) is 2.33. The van der Waals surface area contributed by atoms with Crippen LogP contribution in [0, 0.1) is 5.92 Å². The van der Waals surface area contributed by atoms with Gasteiger partial charge in [-0.25, -0.2) is 0 Å². The van der Waals surface area contributed by atoms with Gasteiger partial charge < -0.3 is 14.6 Å². The molecule has 140 valence electrons. The van der Waals surface area contributed by atoms with Crippen LogP contribution in [-0.2, 0) is 16.1 Å². The van der Waals surface area contributed by atoms with E-state index in [1.807, 2.05) is 20.8 Å². The van der Waals surface area contributed by atoms with E-state index in [4.69, 9.17) is 4.74 Å². The number of anilines is 1. The summed E-state index contributed by atoms with van der Waals surface area (Å²) in [5, 5.41) is 3.00. The lowest BCUT2D eigenvalue weighted by Crippen LogP contribution is -2.55. The Bertz CT molecular complexity index is 631. The zero-order valence-electron chi connectivity index (χ0n) is 16.0. The van der Waals surface area contributed by atoms with Gasteiger partial charge in [-0.1, -0.05) is 20.8 Å². The lowest BCUT2D eigenvalue weighted by Gasteiger charge is -2.41. The monoisotopic (exact) mass is 349 g/mol. The SMILES string of the molecule is CCCn1cc(NC(=O)[C@H](C(C)C)N2C[C@H](C)O[C@@H](C)C2)ccc1=O. The minimum absolute atomic E-state index is 0.0296. The molecule has 1 saturated heterocycles. The molecule has 6 heteroatoms. The Balaban J connectivity index is 2.15. The summed E-state index contributed by atoms with van der Waals surface area (Å²) in [4.78, 5) is 27.0. The minimum atomic E-state index is -0.222. The summed E-state index contributed by atoms with van der Waals surface area (Å²) in [5.74, 6) is 0.150. The first-order valence-corrected chi connectivity index (χ1v) is 9.22. The van der Waals surface area contributed by atoms with Crippen molar-refractivity contribution in [2.45, 2.75) is 65.8 Å². The number of ether oxygens (including phenoxy) is 1. The van der Waals surface area contributed by atoms with Gasteiger partial charge in [0.1, 0.15) is 0 Å². The number of rotatable bonds is 6. The maximum absolute atomic E-state index is 12.9. The van der Waals surface area contributed by atoms with Gasteiger partial charge in [-0.15, -0.1) is 0 Å². The molecule has 3 atom stereocenters. The van der Waals surface area contributed by atoms with Crippen molar-refractivity contribution >= 4 is 11.6 Å². The molecule has 2 heterocycles. The van der Waals surface area contributed by atoms with Crippen LogP contribution in [0.1, 0.15) is 41.0 Å². The molecule has 1 aromatic rings. The molecule has 0 unspecified atom stereocenters. The van der Waals surface area contributed by atoms with Gasteiger partial charge in [0.15, 0.2) is 0 Å². The van der Waals surface area contributed by atoms with E-state index in [0.717, 1.165) is 19.5 Å². The number of nitrogens with one attached hydrogen (secondary N) is 1. The zero-order chi connectivity index (χ0) is 18.6. The van der Waals surface area contributed by atoms with Gasteiger partial charge in [-0.3, -0.25) is 14.5 Å². The van der Waals surface area contributed by atoms with Crippen molar-refractivity contribution < 1.29 is 9.53 Å². The molecule has 1 aromatic heterocycles. The van der Waals surface area contributed by atoms with E-state index in [9.17, 15) is 9.59 Å². The highest BCUT2D eigenvalue weighted by molar-refractivity contribution is 5.94. The molecule has 0 aromatic carbocycles. The smallest absolute Gasteiger partial charge is 0.250 e. The first kappa shape index (κ1) is 19.7. The fourth-order valence-electron chi connectivity index (χ4n) is 3.57. The summed E-state index contributed by atoms with van der Waals surface area (Å²) in [7, 11) is 0. The number of nitrogens with zero attached hydrogens (tertiary/aromatic N) is 2. The van der Waals surface area contributed by atoms with E-state index in [-0.39, 0.29) is 35.6 Å². The van der Waals surface area contributed by atoms with Gasteiger partial charge in [0.05, 0.1) is 23.9 Å². The van der Waals surface area contributed by atoms with Crippen LogP contribution in [0.2, 0.25) is 0 Å². The van der Waals surface area contributed by atoms with Crippen molar-refractivity contribution in [3.8, 4) is 0 Å². The van der Waals surface area contributed by atoms with Gasteiger partial charge in [-0.2, -0.15) is 0 Å². The van der Waals surface area contributed by atoms with E-state index in [1.54, 1.807) is 16.8 Å². The fourth-order valence-corrected chi connectivity index (χ4v) is 3.57. The van der Waals surface area contributed by atoms with E-state index in [1.165, 1.54) is 6.07 Å². The number of pyridine rings is 1. The quantitative estimate of drug-likeness (QED) is 0.856. The Kier molecular flexibility index (Phi) is 6.79. The average Bonchev–Trinajstić information content (AvgIpc) is 2.49. The largest absolute Gasteiger partial charge is 0.373 e. The average molecular weight is 349 g/mol. The Morgan fingerprint density at radius 2 is 1.92 bits per heavy atom. The molecule has 25 heavy (non-hydrogen) atoms. The van der Waals surface area contributed by atoms with E-state index in [0.29, 0.717) is 12.2 Å². The van der Waals surface area contributed by atoms with E-state index in [2.05, 4.69) is 24.1 Å². The van der Waals surface area contributed by atoms with Crippen LogP contribution < -0.4 is 10.9 Å². The first-order chi connectivity index (χ1) is 11.8. The molecule has 1 aliphatic heterocycles. The van der Waals surface area contributed by atoms with Crippen LogP contribution in [0.3, 0.4) is 0 Å². The molecule has 0 radical (unpaired) electrons. The highest BCUT2D eigenvalue weighted by Crippen LogP contribution is 2.20. The molecule has 0 aliphatic carbocycles. The summed E-state index contributed by atoms with van der Waals surface area (Å²) < 4.78 is 7.43. The fraction of sp³-hybridized carbons (Fsp3) is 0.684. The van der Waals surface area contributed by atoms with Gasteiger partial charge in [0.25, 0.3) is 5.56 Å². The van der Waals surface area contributed by atoms with Crippen molar-refractivity contribution in [3.05, 3.63) is 28.7 Å². The van der Waals surface area contributed by atoms with Crippen LogP contribution in [0.15, 0.2) is 23.1 Å².